The molecule has 0 spiro atoms. The molecule has 7 heteroatoms. The summed E-state index contributed by atoms with van der Waals surface area (Å²) in [5.74, 6) is 2.26. The van der Waals surface area contributed by atoms with E-state index in [-0.39, 0.29) is 6.54 Å². The monoisotopic (exact) mass is 181 g/mol. The van der Waals surface area contributed by atoms with Crippen molar-refractivity contribution in [2.75, 3.05) is 0 Å². The largest absolute Gasteiger partial charge is 0.465 e. The summed E-state index contributed by atoms with van der Waals surface area (Å²) in [6.07, 6.45) is 5.26. The van der Waals surface area contributed by atoms with Crippen LogP contribution in [0.3, 0.4) is 0 Å². The molecular weight excluding hydrogens is 174 g/mol. The molecule has 0 aliphatic carbocycles. The second-order valence-electron chi connectivity index (χ2n) is 2.20. The van der Waals surface area contributed by atoms with Crippen LogP contribution in [-0.2, 0) is 6.54 Å². The van der Waals surface area contributed by atoms with E-state index in [1.165, 1.54) is 11.0 Å². The molecule has 1 aromatic rings. The molecule has 0 radical (unpaired) electrons. The molecule has 1 rings (SSSR count). The Kier molecular flexibility index (Phi) is 2.81. The Morgan fingerprint density at radius 1 is 1.85 bits per heavy atom. The highest BCUT2D eigenvalue weighted by Crippen LogP contribution is 1.86. The lowest BCUT2D eigenvalue weighted by Crippen LogP contribution is -2.35. The Morgan fingerprint density at radius 3 is 3.08 bits per heavy atom. The van der Waals surface area contributed by atoms with E-state index in [1.807, 2.05) is 0 Å². The van der Waals surface area contributed by atoms with Crippen molar-refractivity contribution in [2.45, 2.75) is 12.6 Å². The third kappa shape index (κ3) is 2.78. The fraction of sp³-hybridized carbons (Fsp3) is 0.333. The first kappa shape index (κ1) is 8.99. The molecule has 0 saturated carbocycles. The topological polar surface area (TPSA) is 92.9 Å². The third-order valence-corrected chi connectivity index (χ3v) is 1.26. The minimum Gasteiger partial charge on any atom is -0.465 e. The Labute approximate surface area is 73.7 Å². The minimum absolute atomic E-state index is 0.218. The normalized spacial score (nSPS) is 11.6. The van der Waals surface area contributed by atoms with E-state index in [0.717, 1.165) is 0 Å². The highest BCUT2D eigenvalue weighted by Gasteiger charge is 2.08. The summed E-state index contributed by atoms with van der Waals surface area (Å²) >= 11 is 0. The van der Waals surface area contributed by atoms with Gasteiger partial charge in [-0.15, -0.1) is 11.5 Å². The van der Waals surface area contributed by atoms with Gasteiger partial charge in [-0.2, -0.15) is 0 Å². The van der Waals surface area contributed by atoms with Gasteiger partial charge in [0.05, 0.1) is 6.54 Å². The number of aromatic nitrogens is 4. The fourth-order valence-corrected chi connectivity index (χ4v) is 0.740. The molecule has 0 bridgehead atoms. The molecule has 68 valence electrons. The summed E-state index contributed by atoms with van der Waals surface area (Å²) < 4.78 is 1.35. The minimum atomic E-state index is -1.17. The fourth-order valence-electron chi connectivity index (χ4n) is 0.740. The van der Waals surface area contributed by atoms with Crippen molar-refractivity contribution in [1.29, 1.82) is 0 Å². The third-order valence-electron chi connectivity index (χ3n) is 1.26. The zero-order valence-corrected chi connectivity index (χ0v) is 6.58. The summed E-state index contributed by atoms with van der Waals surface area (Å²) in [5, 5.41) is 20.8. The van der Waals surface area contributed by atoms with Crippen molar-refractivity contribution in [3.8, 4) is 12.3 Å². The quantitative estimate of drug-likeness (QED) is 0.580. The molecule has 0 aromatic carbocycles. The summed E-state index contributed by atoms with van der Waals surface area (Å²) in [5.41, 5.74) is 0. The highest BCUT2D eigenvalue weighted by molar-refractivity contribution is 5.65. The van der Waals surface area contributed by atoms with Gasteiger partial charge in [0.15, 0.2) is 0 Å². The van der Waals surface area contributed by atoms with Crippen LogP contribution in [0.5, 0.6) is 0 Å². The van der Waals surface area contributed by atoms with Gasteiger partial charge in [-0.25, -0.2) is 9.48 Å². The van der Waals surface area contributed by atoms with Crippen molar-refractivity contribution in [3.05, 3.63) is 6.33 Å². The summed E-state index contributed by atoms with van der Waals surface area (Å²) in [6.45, 7) is 0.218. The van der Waals surface area contributed by atoms with Gasteiger partial charge < -0.3 is 10.4 Å². The van der Waals surface area contributed by atoms with Gasteiger partial charge in [0.25, 0.3) is 0 Å². The molecule has 0 aliphatic rings. The molecule has 7 nitrogen and oxygen atoms in total. The lowest BCUT2D eigenvalue weighted by Gasteiger charge is -2.08. The van der Waals surface area contributed by atoms with E-state index in [2.05, 4.69) is 26.8 Å². The Hall–Kier alpha value is -2.10. The highest BCUT2D eigenvalue weighted by atomic mass is 16.4. The van der Waals surface area contributed by atoms with Gasteiger partial charge in [-0.3, -0.25) is 0 Å². The van der Waals surface area contributed by atoms with Crippen molar-refractivity contribution < 1.29 is 9.90 Å². The number of hydrogen-bond donors (Lipinski definition) is 2. The molecule has 1 amide bonds. The van der Waals surface area contributed by atoms with Gasteiger partial charge in [0, 0.05) is 0 Å². The van der Waals surface area contributed by atoms with Gasteiger partial charge >= 0.3 is 6.09 Å². The summed E-state index contributed by atoms with van der Waals surface area (Å²) in [6, 6.07) is -0.624. The van der Waals surface area contributed by atoms with Gasteiger partial charge in [0.2, 0.25) is 0 Å². The van der Waals surface area contributed by atoms with E-state index in [4.69, 9.17) is 11.5 Å². The molecule has 2 N–H and O–H groups in total. The SMILES string of the molecule is C#CC(Cn1cnnn1)NC(=O)O. The van der Waals surface area contributed by atoms with E-state index in [9.17, 15) is 4.79 Å². The van der Waals surface area contributed by atoms with Crippen molar-refractivity contribution >= 4 is 6.09 Å². The number of carbonyl (C=O) groups is 1. The maximum atomic E-state index is 10.2. The molecular formula is C6H7N5O2. The van der Waals surface area contributed by atoms with Crippen molar-refractivity contribution in [2.24, 2.45) is 0 Å². The van der Waals surface area contributed by atoms with Crippen LogP contribution in [0.4, 0.5) is 4.79 Å². The molecule has 0 fully saturated rings. The molecule has 1 atom stereocenters. The second-order valence-corrected chi connectivity index (χ2v) is 2.20. The van der Waals surface area contributed by atoms with Gasteiger partial charge in [-0.05, 0) is 10.4 Å². The molecule has 0 aliphatic heterocycles. The maximum Gasteiger partial charge on any atom is 0.405 e. The first-order chi connectivity index (χ1) is 6.22. The Bertz CT molecular complexity index is 314. The van der Waals surface area contributed by atoms with Crippen molar-refractivity contribution in [1.82, 2.24) is 25.5 Å². The number of terminal acetylenes is 1. The zero-order chi connectivity index (χ0) is 9.68. The van der Waals surface area contributed by atoms with Crippen LogP contribution in [0.15, 0.2) is 6.33 Å². The summed E-state index contributed by atoms with van der Waals surface area (Å²) in [4.78, 5) is 10.2. The Balaban J connectivity index is 2.51. The lowest BCUT2D eigenvalue weighted by molar-refractivity contribution is 0.191. The van der Waals surface area contributed by atoms with Crippen molar-refractivity contribution in [3.63, 3.8) is 0 Å². The van der Waals surface area contributed by atoms with Crippen LogP contribution in [0.1, 0.15) is 0 Å². The van der Waals surface area contributed by atoms with Crippen LogP contribution in [0.2, 0.25) is 0 Å². The maximum absolute atomic E-state index is 10.2. The van der Waals surface area contributed by atoms with Crippen LogP contribution < -0.4 is 5.32 Å². The first-order valence-electron chi connectivity index (χ1n) is 3.38. The summed E-state index contributed by atoms with van der Waals surface area (Å²) in [7, 11) is 0. The average Bonchev–Trinajstić information content (AvgIpc) is 2.55. The number of carboxylic acid groups (broad SMARTS) is 1. The molecule has 1 aromatic heterocycles. The van der Waals surface area contributed by atoms with Gasteiger partial charge in [0.1, 0.15) is 12.4 Å². The predicted molar refractivity (Wildman–Crippen MR) is 41.6 cm³/mol. The second kappa shape index (κ2) is 4.06. The number of amides is 1. The molecule has 1 unspecified atom stereocenters. The number of nitrogens with zero attached hydrogens (tertiary/aromatic N) is 4. The molecule has 0 saturated heterocycles. The number of tetrazole rings is 1. The van der Waals surface area contributed by atoms with E-state index in [1.54, 1.807) is 0 Å². The van der Waals surface area contributed by atoms with E-state index in [0.29, 0.717) is 0 Å². The van der Waals surface area contributed by atoms with Crippen LogP contribution >= 0.6 is 0 Å². The zero-order valence-electron chi connectivity index (χ0n) is 6.58. The molecule has 13 heavy (non-hydrogen) atoms. The number of hydrogen-bond acceptors (Lipinski definition) is 4. The van der Waals surface area contributed by atoms with Crippen LogP contribution in [-0.4, -0.2) is 37.4 Å². The molecule has 1 heterocycles. The van der Waals surface area contributed by atoms with Crippen LogP contribution in [0, 0.1) is 12.3 Å². The van der Waals surface area contributed by atoms with E-state index >= 15 is 0 Å². The first-order valence-corrected chi connectivity index (χ1v) is 3.38. The standard InChI is InChI=1S/C6H7N5O2/c1-2-5(8-6(12)13)3-11-4-7-9-10-11/h1,4-5,8H,3H2,(H,12,13). The van der Waals surface area contributed by atoms with E-state index < -0.39 is 12.1 Å². The number of nitrogens with one attached hydrogen (secondary N) is 1. The smallest absolute Gasteiger partial charge is 0.405 e. The Morgan fingerprint density at radius 2 is 2.62 bits per heavy atom. The number of rotatable bonds is 3. The van der Waals surface area contributed by atoms with Gasteiger partial charge in [-0.1, -0.05) is 5.92 Å². The van der Waals surface area contributed by atoms with Crippen LogP contribution in [0.25, 0.3) is 0 Å². The average molecular weight is 181 g/mol. The predicted octanol–water partition coefficient (Wildman–Crippen LogP) is -1.06. The lowest BCUT2D eigenvalue weighted by atomic mass is 10.3.